The average molecular weight is 418 g/mol. The van der Waals surface area contributed by atoms with Gasteiger partial charge in [0.25, 0.3) is 5.56 Å². The smallest absolute Gasteiger partial charge is 0.281 e. The molecule has 152 valence electrons. The van der Waals surface area contributed by atoms with E-state index in [2.05, 4.69) is 9.97 Å². The molecule has 8 nitrogen and oxygen atoms in total. The number of nitrogens with one attached hydrogen (secondary N) is 1. The van der Waals surface area contributed by atoms with Gasteiger partial charge in [0.15, 0.2) is 0 Å². The molecular formula is C19H19FN4O4S. The van der Waals surface area contributed by atoms with E-state index in [1.54, 1.807) is 12.1 Å². The minimum absolute atomic E-state index is 0.0151. The summed E-state index contributed by atoms with van der Waals surface area (Å²) >= 11 is 0. The summed E-state index contributed by atoms with van der Waals surface area (Å²) in [5, 5.41) is 0.0151. The molecule has 10 heteroatoms. The van der Waals surface area contributed by atoms with Gasteiger partial charge in [0.2, 0.25) is 10.0 Å². The Labute approximate surface area is 165 Å². The summed E-state index contributed by atoms with van der Waals surface area (Å²) in [4.78, 5) is 29.9. The number of hydrogen-bond donors (Lipinski definition) is 1. The fraction of sp³-hybridized carbons (Fsp3) is 0.316. The van der Waals surface area contributed by atoms with E-state index in [1.165, 1.54) is 29.6 Å². The van der Waals surface area contributed by atoms with Crippen molar-refractivity contribution in [2.75, 3.05) is 6.54 Å². The van der Waals surface area contributed by atoms with Gasteiger partial charge in [0, 0.05) is 26.3 Å². The minimum atomic E-state index is -3.96. The Bertz CT molecular complexity index is 1290. The maximum Gasteiger partial charge on any atom is 0.329 e. The van der Waals surface area contributed by atoms with E-state index >= 15 is 0 Å². The number of rotatable bonds is 6. The molecule has 1 aliphatic carbocycles. The minimum Gasteiger partial charge on any atom is -0.281 e. The van der Waals surface area contributed by atoms with Crippen molar-refractivity contribution >= 4 is 21.1 Å². The highest BCUT2D eigenvalue weighted by molar-refractivity contribution is 7.89. The van der Waals surface area contributed by atoms with E-state index in [1.807, 2.05) is 0 Å². The first-order valence-electron chi connectivity index (χ1n) is 9.09. The first kappa shape index (κ1) is 19.5. The van der Waals surface area contributed by atoms with Crippen LogP contribution in [0.25, 0.3) is 11.0 Å². The fourth-order valence-corrected chi connectivity index (χ4v) is 4.61. The maximum absolute atomic E-state index is 13.3. The van der Waals surface area contributed by atoms with E-state index in [0.29, 0.717) is 12.1 Å². The molecule has 2 heterocycles. The Hall–Kier alpha value is -2.85. The predicted octanol–water partition coefficient (Wildman–Crippen LogP) is 1.36. The molecule has 0 unspecified atom stereocenters. The maximum atomic E-state index is 13.3. The second-order valence-electron chi connectivity index (χ2n) is 7.23. The van der Waals surface area contributed by atoms with Crippen LogP contribution in [0.2, 0.25) is 0 Å². The van der Waals surface area contributed by atoms with Crippen LogP contribution in [0, 0.1) is 11.7 Å². The van der Waals surface area contributed by atoms with Crippen LogP contribution < -0.4 is 11.2 Å². The summed E-state index contributed by atoms with van der Waals surface area (Å²) in [6, 6.07) is 6.90. The topological polar surface area (TPSA) is 105 Å². The van der Waals surface area contributed by atoms with Gasteiger partial charge in [0.05, 0.1) is 5.39 Å². The summed E-state index contributed by atoms with van der Waals surface area (Å²) in [7, 11) is -2.52. The average Bonchev–Trinajstić information content (AvgIpc) is 3.51. The van der Waals surface area contributed by atoms with Gasteiger partial charge in [0.1, 0.15) is 16.4 Å². The van der Waals surface area contributed by atoms with Gasteiger partial charge in [-0.15, -0.1) is 0 Å². The molecule has 1 saturated carbocycles. The van der Waals surface area contributed by atoms with Crippen LogP contribution in [0.4, 0.5) is 4.39 Å². The van der Waals surface area contributed by atoms with Crippen molar-refractivity contribution in [2.24, 2.45) is 13.0 Å². The molecule has 0 aliphatic heterocycles. The van der Waals surface area contributed by atoms with Gasteiger partial charge in [-0.1, -0.05) is 12.1 Å². The molecule has 1 N–H and O–H groups in total. The third-order valence-corrected chi connectivity index (χ3v) is 6.77. The SMILES string of the molecule is Cn1c(=O)[nH]c(=O)c2cc(S(=O)(=O)N(Cc3ccc(F)cc3)CC3CC3)cnc21. The van der Waals surface area contributed by atoms with Gasteiger partial charge in [-0.3, -0.25) is 14.3 Å². The molecule has 29 heavy (non-hydrogen) atoms. The number of sulfonamides is 1. The number of hydrogen-bond acceptors (Lipinski definition) is 5. The van der Waals surface area contributed by atoms with Crippen molar-refractivity contribution in [1.29, 1.82) is 0 Å². The Morgan fingerprint density at radius 2 is 1.93 bits per heavy atom. The van der Waals surface area contributed by atoms with Crippen molar-refractivity contribution in [1.82, 2.24) is 18.8 Å². The molecule has 0 amide bonds. The van der Waals surface area contributed by atoms with E-state index in [9.17, 15) is 22.4 Å². The van der Waals surface area contributed by atoms with Crippen molar-refractivity contribution in [3.8, 4) is 0 Å². The van der Waals surface area contributed by atoms with Crippen LogP contribution in [0.3, 0.4) is 0 Å². The highest BCUT2D eigenvalue weighted by Gasteiger charge is 2.32. The number of benzene rings is 1. The molecule has 0 radical (unpaired) electrons. The molecule has 1 fully saturated rings. The molecule has 4 rings (SSSR count). The standard InChI is InChI=1S/C19H19FN4O4S/c1-23-17-16(18(25)22-19(23)26)8-15(9-21-17)29(27,28)24(10-12-2-3-12)11-13-4-6-14(20)7-5-13/h4-9,12H,2-3,10-11H2,1H3,(H,22,25,26). The predicted molar refractivity (Wildman–Crippen MR) is 104 cm³/mol. The van der Waals surface area contributed by atoms with E-state index in [4.69, 9.17) is 0 Å². The first-order valence-corrected chi connectivity index (χ1v) is 10.5. The van der Waals surface area contributed by atoms with Crippen LogP contribution in [-0.4, -0.2) is 33.8 Å². The molecule has 2 aromatic heterocycles. The summed E-state index contributed by atoms with van der Waals surface area (Å²) in [5.41, 5.74) is -0.563. The lowest BCUT2D eigenvalue weighted by Crippen LogP contribution is -2.33. The second kappa shape index (κ2) is 7.20. The molecule has 3 aromatic rings. The zero-order chi connectivity index (χ0) is 20.8. The van der Waals surface area contributed by atoms with Crippen molar-refractivity contribution in [2.45, 2.75) is 24.3 Å². The number of aromatic nitrogens is 3. The van der Waals surface area contributed by atoms with E-state index < -0.39 is 27.1 Å². The van der Waals surface area contributed by atoms with Crippen LogP contribution in [0.5, 0.6) is 0 Å². The van der Waals surface area contributed by atoms with Gasteiger partial charge >= 0.3 is 5.69 Å². The van der Waals surface area contributed by atoms with Crippen LogP contribution >= 0.6 is 0 Å². The van der Waals surface area contributed by atoms with E-state index in [0.717, 1.165) is 23.6 Å². The molecule has 0 bridgehead atoms. The first-order chi connectivity index (χ1) is 13.8. The fourth-order valence-electron chi connectivity index (χ4n) is 3.14. The van der Waals surface area contributed by atoms with Gasteiger partial charge < -0.3 is 0 Å². The molecule has 1 aromatic carbocycles. The molecule has 0 spiro atoms. The molecule has 0 atom stereocenters. The molecule has 1 aliphatic rings. The van der Waals surface area contributed by atoms with Gasteiger partial charge in [-0.05, 0) is 42.5 Å². The number of aryl methyl sites for hydroxylation is 1. The summed E-state index contributed by atoms with van der Waals surface area (Å²) in [6.45, 7) is 0.419. The highest BCUT2D eigenvalue weighted by Crippen LogP contribution is 2.32. The highest BCUT2D eigenvalue weighted by atomic mass is 32.2. The van der Waals surface area contributed by atoms with Crippen molar-refractivity contribution < 1.29 is 12.8 Å². The number of H-pyrrole nitrogens is 1. The number of halogens is 1. The lowest BCUT2D eigenvalue weighted by atomic mass is 10.2. The zero-order valence-electron chi connectivity index (χ0n) is 15.6. The molecule has 0 saturated heterocycles. The Morgan fingerprint density at radius 1 is 1.24 bits per heavy atom. The van der Waals surface area contributed by atoms with Gasteiger partial charge in [-0.25, -0.2) is 22.6 Å². The Balaban J connectivity index is 1.76. The lowest BCUT2D eigenvalue weighted by Gasteiger charge is -2.22. The largest absolute Gasteiger partial charge is 0.329 e. The zero-order valence-corrected chi connectivity index (χ0v) is 16.4. The number of pyridine rings is 1. The lowest BCUT2D eigenvalue weighted by molar-refractivity contribution is 0.391. The third kappa shape index (κ3) is 3.85. The number of fused-ring (bicyclic) bond motifs is 1. The van der Waals surface area contributed by atoms with Crippen LogP contribution in [0.1, 0.15) is 18.4 Å². The number of aromatic amines is 1. The summed E-state index contributed by atoms with van der Waals surface area (Å²) in [5.74, 6) is -0.114. The van der Waals surface area contributed by atoms with Gasteiger partial charge in [-0.2, -0.15) is 4.31 Å². The van der Waals surface area contributed by atoms with Crippen LogP contribution in [-0.2, 0) is 23.6 Å². The Kier molecular flexibility index (Phi) is 4.83. The monoisotopic (exact) mass is 418 g/mol. The van der Waals surface area contributed by atoms with E-state index in [-0.39, 0.29) is 28.4 Å². The molecular weight excluding hydrogens is 399 g/mol. The summed E-state index contributed by atoms with van der Waals surface area (Å²) < 4.78 is 42.3. The van der Waals surface area contributed by atoms with Crippen LogP contribution in [0.15, 0.2) is 51.0 Å². The number of nitrogens with zero attached hydrogens (tertiary/aromatic N) is 3. The van der Waals surface area contributed by atoms with Crippen molar-refractivity contribution in [3.05, 3.63) is 68.7 Å². The third-order valence-electron chi connectivity index (χ3n) is 5.00. The summed E-state index contributed by atoms with van der Waals surface area (Å²) in [6.07, 6.45) is 3.06. The quantitative estimate of drug-likeness (QED) is 0.651. The normalized spacial score (nSPS) is 14.6. The second-order valence-corrected chi connectivity index (χ2v) is 9.17. The van der Waals surface area contributed by atoms with Crippen molar-refractivity contribution in [3.63, 3.8) is 0 Å². The Morgan fingerprint density at radius 3 is 2.59 bits per heavy atom.